The fourth-order valence-electron chi connectivity index (χ4n) is 2.05. The van der Waals surface area contributed by atoms with E-state index in [2.05, 4.69) is 73.4 Å². The molecule has 0 aromatic heterocycles. The lowest BCUT2D eigenvalue weighted by Gasteiger charge is -2.10. The van der Waals surface area contributed by atoms with E-state index in [1.165, 1.54) is 11.1 Å². The van der Waals surface area contributed by atoms with Gasteiger partial charge in [0.25, 0.3) is 0 Å². The standard InChI is InChI=1S/C18H21N.C2H6/c1-15-11-13-18(14-12-15)19-16(2)7-6-10-17-8-4-3-5-9-17;1-2/h3-5,8-9,11-14,19H,2,6-7,10H2,1H3;1-2H3. The van der Waals surface area contributed by atoms with Gasteiger partial charge < -0.3 is 5.32 Å². The van der Waals surface area contributed by atoms with Crippen molar-refractivity contribution in [3.8, 4) is 0 Å². The number of allylic oxidation sites excluding steroid dienone is 1. The Hall–Kier alpha value is -2.02. The number of nitrogens with one attached hydrogen (secondary N) is 1. The Labute approximate surface area is 129 Å². The van der Waals surface area contributed by atoms with Gasteiger partial charge >= 0.3 is 0 Å². The molecule has 0 atom stereocenters. The van der Waals surface area contributed by atoms with Crippen LogP contribution in [-0.2, 0) is 6.42 Å². The van der Waals surface area contributed by atoms with Gasteiger partial charge in [-0.2, -0.15) is 0 Å². The van der Waals surface area contributed by atoms with Gasteiger partial charge in [-0.05, 0) is 43.9 Å². The molecule has 2 aromatic rings. The second-order valence-electron chi connectivity index (χ2n) is 4.93. The van der Waals surface area contributed by atoms with Gasteiger partial charge in [0.2, 0.25) is 0 Å². The van der Waals surface area contributed by atoms with E-state index in [1.54, 1.807) is 0 Å². The second kappa shape index (κ2) is 9.82. The van der Waals surface area contributed by atoms with Crippen molar-refractivity contribution in [2.45, 2.75) is 40.0 Å². The Morgan fingerprint density at radius 1 is 0.952 bits per heavy atom. The maximum atomic E-state index is 4.09. The number of aryl methyl sites for hydroxylation is 2. The van der Waals surface area contributed by atoms with Crippen molar-refractivity contribution >= 4 is 5.69 Å². The van der Waals surface area contributed by atoms with Crippen molar-refractivity contribution in [1.82, 2.24) is 0 Å². The zero-order valence-corrected chi connectivity index (χ0v) is 13.5. The van der Waals surface area contributed by atoms with Gasteiger partial charge in [0, 0.05) is 11.4 Å². The van der Waals surface area contributed by atoms with Gasteiger partial charge in [0.1, 0.15) is 0 Å². The van der Waals surface area contributed by atoms with Crippen LogP contribution in [0.15, 0.2) is 66.9 Å². The average Bonchev–Trinajstić information content (AvgIpc) is 2.53. The van der Waals surface area contributed by atoms with Crippen molar-refractivity contribution in [1.29, 1.82) is 0 Å². The van der Waals surface area contributed by atoms with Crippen LogP contribution in [-0.4, -0.2) is 0 Å². The summed E-state index contributed by atoms with van der Waals surface area (Å²) in [6.45, 7) is 10.2. The first-order valence-corrected chi connectivity index (χ1v) is 7.79. The van der Waals surface area contributed by atoms with Gasteiger partial charge in [0.05, 0.1) is 0 Å². The molecule has 21 heavy (non-hydrogen) atoms. The van der Waals surface area contributed by atoms with Crippen molar-refractivity contribution in [3.63, 3.8) is 0 Å². The molecule has 0 aliphatic carbocycles. The second-order valence-corrected chi connectivity index (χ2v) is 4.93. The van der Waals surface area contributed by atoms with E-state index in [1.807, 2.05) is 13.8 Å². The molecule has 1 N–H and O–H groups in total. The highest BCUT2D eigenvalue weighted by atomic mass is 14.9. The Balaban J connectivity index is 0.00000106. The van der Waals surface area contributed by atoms with Gasteiger partial charge in [-0.15, -0.1) is 0 Å². The molecule has 2 aromatic carbocycles. The van der Waals surface area contributed by atoms with Gasteiger partial charge in [0.15, 0.2) is 0 Å². The number of benzene rings is 2. The summed E-state index contributed by atoms with van der Waals surface area (Å²) in [5.41, 5.74) is 4.88. The predicted octanol–water partition coefficient (Wildman–Crippen LogP) is 5.97. The van der Waals surface area contributed by atoms with E-state index < -0.39 is 0 Å². The topological polar surface area (TPSA) is 12.0 Å². The smallest absolute Gasteiger partial charge is 0.0381 e. The molecule has 0 bridgehead atoms. The van der Waals surface area contributed by atoms with Crippen LogP contribution < -0.4 is 5.32 Å². The summed E-state index contributed by atoms with van der Waals surface area (Å²) in [6, 6.07) is 19.0. The molecule has 0 saturated carbocycles. The van der Waals surface area contributed by atoms with Crippen LogP contribution in [0.25, 0.3) is 0 Å². The van der Waals surface area contributed by atoms with E-state index >= 15 is 0 Å². The van der Waals surface area contributed by atoms with Crippen molar-refractivity contribution in [3.05, 3.63) is 78.0 Å². The number of rotatable bonds is 6. The minimum absolute atomic E-state index is 1.00. The fourth-order valence-corrected chi connectivity index (χ4v) is 2.05. The monoisotopic (exact) mass is 281 g/mol. The molecule has 0 saturated heterocycles. The van der Waals surface area contributed by atoms with E-state index in [4.69, 9.17) is 0 Å². The Bertz CT molecular complexity index is 511. The quantitative estimate of drug-likeness (QED) is 0.687. The molecule has 0 unspecified atom stereocenters. The fraction of sp³-hybridized carbons (Fsp3) is 0.300. The SMILES string of the molecule is C=C(CCCc1ccccc1)Nc1ccc(C)cc1.CC. The molecule has 112 valence electrons. The first-order chi connectivity index (χ1) is 10.2. The Morgan fingerprint density at radius 3 is 2.19 bits per heavy atom. The van der Waals surface area contributed by atoms with Crippen LogP contribution in [0.3, 0.4) is 0 Å². The van der Waals surface area contributed by atoms with E-state index in [0.717, 1.165) is 30.6 Å². The third-order valence-corrected chi connectivity index (χ3v) is 3.16. The molecular weight excluding hydrogens is 254 g/mol. The lowest BCUT2D eigenvalue weighted by Crippen LogP contribution is -1.98. The average molecular weight is 281 g/mol. The van der Waals surface area contributed by atoms with Crippen molar-refractivity contribution < 1.29 is 0 Å². The van der Waals surface area contributed by atoms with E-state index in [9.17, 15) is 0 Å². The maximum Gasteiger partial charge on any atom is 0.0381 e. The minimum Gasteiger partial charge on any atom is -0.359 e. The summed E-state index contributed by atoms with van der Waals surface area (Å²) < 4.78 is 0. The normalized spacial score (nSPS) is 9.48. The van der Waals surface area contributed by atoms with Crippen LogP contribution in [0.2, 0.25) is 0 Å². The molecule has 1 heteroatoms. The molecule has 2 rings (SSSR count). The summed E-state index contributed by atoms with van der Waals surface area (Å²) >= 11 is 0. The Morgan fingerprint density at radius 2 is 1.57 bits per heavy atom. The maximum absolute atomic E-state index is 4.09. The van der Waals surface area contributed by atoms with Crippen molar-refractivity contribution in [2.75, 3.05) is 5.32 Å². The lowest BCUT2D eigenvalue weighted by molar-refractivity contribution is 0.816. The molecular formula is C20H27N. The predicted molar refractivity (Wildman–Crippen MR) is 94.7 cm³/mol. The molecule has 0 aliphatic heterocycles. The summed E-state index contributed by atoms with van der Waals surface area (Å²) in [5.74, 6) is 0. The van der Waals surface area contributed by atoms with Crippen LogP contribution in [0.1, 0.15) is 37.8 Å². The summed E-state index contributed by atoms with van der Waals surface area (Å²) in [4.78, 5) is 0. The van der Waals surface area contributed by atoms with Crippen LogP contribution in [0.5, 0.6) is 0 Å². The first kappa shape index (κ1) is 17.0. The molecule has 0 fully saturated rings. The molecule has 0 amide bonds. The van der Waals surface area contributed by atoms with E-state index in [0.29, 0.717) is 0 Å². The van der Waals surface area contributed by atoms with Crippen LogP contribution >= 0.6 is 0 Å². The van der Waals surface area contributed by atoms with Crippen LogP contribution in [0, 0.1) is 6.92 Å². The third-order valence-electron chi connectivity index (χ3n) is 3.16. The molecule has 0 radical (unpaired) electrons. The summed E-state index contributed by atoms with van der Waals surface area (Å²) in [6.07, 6.45) is 3.24. The van der Waals surface area contributed by atoms with Gasteiger partial charge in [-0.25, -0.2) is 0 Å². The zero-order chi connectivity index (χ0) is 15.5. The minimum atomic E-state index is 1.00. The number of anilines is 1. The van der Waals surface area contributed by atoms with Gasteiger partial charge in [-0.1, -0.05) is 68.5 Å². The van der Waals surface area contributed by atoms with E-state index in [-0.39, 0.29) is 0 Å². The highest BCUT2D eigenvalue weighted by Gasteiger charge is 1.97. The molecule has 0 aliphatic rings. The largest absolute Gasteiger partial charge is 0.359 e. The van der Waals surface area contributed by atoms with Crippen molar-refractivity contribution in [2.24, 2.45) is 0 Å². The first-order valence-electron chi connectivity index (χ1n) is 7.79. The Kier molecular flexibility index (Phi) is 7.96. The zero-order valence-electron chi connectivity index (χ0n) is 13.5. The molecule has 0 spiro atoms. The molecule has 0 heterocycles. The summed E-state index contributed by atoms with van der Waals surface area (Å²) in [5, 5.41) is 3.36. The number of hydrogen-bond acceptors (Lipinski definition) is 1. The summed E-state index contributed by atoms with van der Waals surface area (Å²) in [7, 11) is 0. The highest BCUT2D eigenvalue weighted by Crippen LogP contribution is 2.14. The van der Waals surface area contributed by atoms with Gasteiger partial charge in [-0.3, -0.25) is 0 Å². The highest BCUT2D eigenvalue weighted by molar-refractivity contribution is 5.48. The molecule has 1 nitrogen and oxygen atoms in total. The lowest BCUT2D eigenvalue weighted by atomic mass is 10.1. The third kappa shape index (κ3) is 6.80. The number of hydrogen-bond donors (Lipinski definition) is 1. The van der Waals surface area contributed by atoms with Crippen LogP contribution in [0.4, 0.5) is 5.69 Å².